The van der Waals surface area contributed by atoms with Gasteiger partial charge in [-0.2, -0.15) is 0 Å². The second kappa shape index (κ2) is 5.61. The second-order valence-corrected chi connectivity index (χ2v) is 4.50. The molecule has 0 bridgehead atoms. The molecule has 0 saturated carbocycles. The summed E-state index contributed by atoms with van der Waals surface area (Å²) in [6.07, 6.45) is 1.10. The number of benzene rings is 1. The van der Waals surface area contributed by atoms with Gasteiger partial charge >= 0.3 is 0 Å². The highest BCUT2D eigenvalue weighted by Gasteiger charge is 2.06. The molecule has 0 amide bonds. The molecule has 0 atom stereocenters. The fraction of sp³-hybridized carbons (Fsp3) is 0.267. The van der Waals surface area contributed by atoms with E-state index in [1.54, 1.807) is 0 Å². The van der Waals surface area contributed by atoms with E-state index < -0.39 is 0 Å². The van der Waals surface area contributed by atoms with Crippen molar-refractivity contribution >= 4 is 5.96 Å². The Morgan fingerprint density at radius 1 is 1.16 bits per heavy atom. The maximum absolute atomic E-state index is 5.82. The molecule has 2 aromatic rings. The highest BCUT2D eigenvalue weighted by atomic mass is 16.3. The molecule has 0 fully saturated rings. The van der Waals surface area contributed by atoms with Crippen molar-refractivity contribution in [3.63, 3.8) is 0 Å². The highest BCUT2D eigenvalue weighted by molar-refractivity contribution is 5.80. The Bertz CT molecular complexity index is 560. The van der Waals surface area contributed by atoms with Gasteiger partial charge in [-0.3, -0.25) is 4.99 Å². The molecular weight excluding hydrogens is 238 g/mol. The van der Waals surface area contributed by atoms with Gasteiger partial charge in [0, 0.05) is 18.7 Å². The molecule has 0 unspecified atom stereocenters. The van der Waals surface area contributed by atoms with Crippen LogP contribution in [0.25, 0.3) is 11.3 Å². The number of aliphatic imine (C=N–C) groups is 1. The van der Waals surface area contributed by atoms with Gasteiger partial charge in [0.05, 0.1) is 6.54 Å². The minimum Gasteiger partial charge on any atom is -0.459 e. The van der Waals surface area contributed by atoms with Gasteiger partial charge < -0.3 is 15.1 Å². The number of hydrogen-bond acceptors (Lipinski definition) is 4. The van der Waals surface area contributed by atoms with E-state index in [9.17, 15) is 0 Å². The van der Waals surface area contributed by atoms with E-state index in [1.165, 1.54) is 0 Å². The van der Waals surface area contributed by atoms with E-state index in [0.29, 0.717) is 6.54 Å². The minimum absolute atomic E-state index is 0.651. The Labute approximate surface area is 112 Å². The van der Waals surface area contributed by atoms with Gasteiger partial charge in [0.15, 0.2) is 5.96 Å². The number of nitrogens with one attached hydrogen (secondary N) is 2. The van der Waals surface area contributed by atoms with Crippen molar-refractivity contribution in [1.29, 1.82) is 0 Å². The van der Waals surface area contributed by atoms with Crippen molar-refractivity contribution < 1.29 is 4.42 Å². The van der Waals surface area contributed by atoms with E-state index in [1.807, 2.05) is 42.5 Å². The quantitative estimate of drug-likeness (QED) is 0.885. The predicted octanol–water partition coefficient (Wildman–Crippen LogP) is 2.39. The molecule has 0 saturated heterocycles. The summed E-state index contributed by atoms with van der Waals surface area (Å²) in [5.74, 6) is 2.67. The number of nitrogens with zero attached hydrogens (tertiary/aromatic N) is 1. The first-order valence-corrected chi connectivity index (χ1v) is 6.58. The van der Waals surface area contributed by atoms with Crippen molar-refractivity contribution in [3.05, 3.63) is 48.2 Å². The fourth-order valence-corrected chi connectivity index (χ4v) is 2.05. The van der Waals surface area contributed by atoms with Crippen LogP contribution in [0.2, 0.25) is 0 Å². The SMILES string of the molecule is c1ccc(-c2ccc(CNC3=NCCCN3)o2)cc1. The molecule has 0 spiro atoms. The molecule has 0 radical (unpaired) electrons. The van der Waals surface area contributed by atoms with Gasteiger partial charge in [0.1, 0.15) is 11.5 Å². The van der Waals surface area contributed by atoms with E-state index in [4.69, 9.17) is 4.42 Å². The number of guanidine groups is 1. The van der Waals surface area contributed by atoms with E-state index in [-0.39, 0.29) is 0 Å². The van der Waals surface area contributed by atoms with Gasteiger partial charge in [-0.15, -0.1) is 0 Å². The number of rotatable bonds is 3. The van der Waals surface area contributed by atoms with Gasteiger partial charge in [-0.1, -0.05) is 30.3 Å². The lowest BCUT2D eigenvalue weighted by molar-refractivity contribution is 0.512. The molecule has 4 heteroatoms. The van der Waals surface area contributed by atoms with Crippen LogP contribution in [-0.4, -0.2) is 19.0 Å². The third-order valence-corrected chi connectivity index (χ3v) is 3.05. The van der Waals surface area contributed by atoms with E-state index in [2.05, 4.69) is 15.6 Å². The monoisotopic (exact) mass is 255 g/mol. The smallest absolute Gasteiger partial charge is 0.191 e. The first kappa shape index (κ1) is 11.8. The van der Waals surface area contributed by atoms with Gasteiger partial charge in [0.2, 0.25) is 0 Å². The van der Waals surface area contributed by atoms with Crippen molar-refractivity contribution in [1.82, 2.24) is 10.6 Å². The summed E-state index contributed by atoms with van der Waals surface area (Å²) >= 11 is 0. The van der Waals surface area contributed by atoms with Crippen LogP contribution in [0.15, 0.2) is 51.9 Å². The Kier molecular flexibility index (Phi) is 3.49. The zero-order valence-corrected chi connectivity index (χ0v) is 10.7. The Morgan fingerprint density at radius 3 is 2.84 bits per heavy atom. The predicted molar refractivity (Wildman–Crippen MR) is 75.9 cm³/mol. The average Bonchev–Trinajstić information content (AvgIpc) is 2.96. The highest BCUT2D eigenvalue weighted by Crippen LogP contribution is 2.21. The maximum Gasteiger partial charge on any atom is 0.191 e. The van der Waals surface area contributed by atoms with Crippen molar-refractivity contribution in [2.75, 3.05) is 13.1 Å². The van der Waals surface area contributed by atoms with E-state index >= 15 is 0 Å². The summed E-state index contributed by atoms with van der Waals surface area (Å²) in [4.78, 5) is 4.36. The molecule has 2 heterocycles. The summed E-state index contributed by atoms with van der Waals surface area (Å²) in [5, 5.41) is 6.47. The molecule has 19 heavy (non-hydrogen) atoms. The summed E-state index contributed by atoms with van der Waals surface area (Å²) in [6.45, 7) is 2.53. The van der Waals surface area contributed by atoms with Crippen molar-refractivity contribution in [3.8, 4) is 11.3 Å². The molecule has 1 aromatic carbocycles. The maximum atomic E-state index is 5.82. The Hall–Kier alpha value is -2.23. The zero-order valence-electron chi connectivity index (χ0n) is 10.7. The van der Waals surface area contributed by atoms with Gasteiger partial charge in [-0.05, 0) is 18.6 Å². The molecule has 1 aliphatic rings. The topological polar surface area (TPSA) is 49.6 Å². The lowest BCUT2D eigenvalue weighted by Crippen LogP contribution is -2.40. The van der Waals surface area contributed by atoms with Crippen LogP contribution in [0, 0.1) is 0 Å². The third-order valence-electron chi connectivity index (χ3n) is 3.05. The molecule has 4 nitrogen and oxygen atoms in total. The average molecular weight is 255 g/mol. The van der Waals surface area contributed by atoms with Crippen LogP contribution < -0.4 is 10.6 Å². The van der Waals surface area contributed by atoms with Crippen molar-refractivity contribution in [2.24, 2.45) is 4.99 Å². The number of furan rings is 1. The molecular formula is C15H17N3O. The molecule has 3 rings (SSSR count). The normalized spacial score (nSPS) is 14.6. The summed E-state index contributed by atoms with van der Waals surface area (Å²) in [5.41, 5.74) is 1.10. The van der Waals surface area contributed by atoms with Crippen LogP contribution in [0.4, 0.5) is 0 Å². The second-order valence-electron chi connectivity index (χ2n) is 4.50. The first-order chi connectivity index (χ1) is 9.42. The van der Waals surface area contributed by atoms with Crippen LogP contribution in [0.3, 0.4) is 0 Å². The Morgan fingerprint density at radius 2 is 2.05 bits per heavy atom. The fourth-order valence-electron chi connectivity index (χ4n) is 2.05. The van der Waals surface area contributed by atoms with Crippen molar-refractivity contribution in [2.45, 2.75) is 13.0 Å². The standard InChI is InChI=1S/C15H17N3O/c1-2-5-12(6-3-1)14-8-7-13(19-14)11-18-15-16-9-4-10-17-15/h1-3,5-8H,4,9-11H2,(H2,16,17,18). The molecule has 2 N–H and O–H groups in total. The van der Waals surface area contributed by atoms with Crippen LogP contribution in [0.5, 0.6) is 0 Å². The molecule has 1 aliphatic heterocycles. The minimum atomic E-state index is 0.651. The third kappa shape index (κ3) is 2.96. The summed E-state index contributed by atoms with van der Waals surface area (Å²) in [7, 11) is 0. The summed E-state index contributed by atoms with van der Waals surface area (Å²) < 4.78 is 5.82. The van der Waals surface area contributed by atoms with E-state index in [0.717, 1.165) is 42.6 Å². The lowest BCUT2D eigenvalue weighted by Gasteiger charge is -2.15. The molecule has 98 valence electrons. The largest absolute Gasteiger partial charge is 0.459 e. The summed E-state index contributed by atoms with van der Waals surface area (Å²) in [6, 6.07) is 14.1. The van der Waals surface area contributed by atoms with Crippen LogP contribution in [0.1, 0.15) is 12.2 Å². The first-order valence-electron chi connectivity index (χ1n) is 6.58. The van der Waals surface area contributed by atoms with Crippen LogP contribution in [-0.2, 0) is 6.54 Å². The van der Waals surface area contributed by atoms with Gasteiger partial charge in [-0.25, -0.2) is 0 Å². The zero-order chi connectivity index (χ0) is 12.9. The number of hydrogen-bond donors (Lipinski definition) is 2. The lowest BCUT2D eigenvalue weighted by atomic mass is 10.2. The Balaban J connectivity index is 1.64. The molecule has 1 aromatic heterocycles. The molecule has 0 aliphatic carbocycles. The van der Waals surface area contributed by atoms with Gasteiger partial charge in [0.25, 0.3) is 0 Å². The van der Waals surface area contributed by atoms with Crippen LogP contribution >= 0.6 is 0 Å².